The lowest BCUT2D eigenvalue weighted by Gasteiger charge is -2.40. The summed E-state index contributed by atoms with van der Waals surface area (Å²) in [6, 6.07) is 15.2. The predicted molar refractivity (Wildman–Crippen MR) is 102 cm³/mol. The molecule has 27 heavy (non-hydrogen) atoms. The van der Waals surface area contributed by atoms with Crippen molar-refractivity contribution < 1.29 is 23.7 Å². The van der Waals surface area contributed by atoms with E-state index in [-0.39, 0.29) is 5.92 Å². The second kappa shape index (κ2) is 7.24. The van der Waals surface area contributed by atoms with E-state index in [1.807, 2.05) is 36.4 Å². The molecule has 0 aromatic heterocycles. The topological polar surface area (TPSA) is 54.0 Å². The van der Waals surface area contributed by atoms with Gasteiger partial charge in [0.15, 0.2) is 0 Å². The van der Waals surface area contributed by atoms with Crippen LogP contribution in [0.15, 0.2) is 48.5 Å². The van der Waals surface area contributed by atoms with Crippen LogP contribution in [0.1, 0.15) is 51.2 Å². The van der Waals surface area contributed by atoms with E-state index in [9.17, 15) is 4.79 Å². The first-order valence-electron chi connectivity index (χ1n) is 9.07. The van der Waals surface area contributed by atoms with Gasteiger partial charge < -0.3 is 18.9 Å². The second-order valence-electron chi connectivity index (χ2n) is 7.80. The molecule has 0 saturated carbocycles. The third-order valence-corrected chi connectivity index (χ3v) is 4.50. The van der Waals surface area contributed by atoms with E-state index in [1.54, 1.807) is 40.0 Å². The van der Waals surface area contributed by atoms with Gasteiger partial charge in [0.2, 0.25) is 5.79 Å². The van der Waals surface area contributed by atoms with Crippen LogP contribution in [0.5, 0.6) is 11.5 Å². The van der Waals surface area contributed by atoms with Gasteiger partial charge in [-0.15, -0.1) is 0 Å². The van der Waals surface area contributed by atoms with E-state index in [0.29, 0.717) is 17.9 Å². The standard InChI is InChI=1S/C22H26O5/c1-15-14-22(24-5,16-9-7-6-8-10-16)26-19-13-17(11-12-18(15)19)25-20(23)27-21(2,3)4/h6-13,15H,14H2,1-5H3/t15-,22-/m1/s1. The zero-order valence-corrected chi connectivity index (χ0v) is 16.4. The summed E-state index contributed by atoms with van der Waals surface area (Å²) >= 11 is 0. The van der Waals surface area contributed by atoms with Gasteiger partial charge in [0.05, 0.1) is 0 Å². The minimum atomic E-state index is -0.877. The molecule has 2 atom stereocenters. The molecule has 1 aliphatic heterocycles. The number of fused-ring (bicyclic) bond motifs is 1. The zero-order chi connectivity index (χ0) is 19.7. The van der Waals surface area contributed by atoms with Crippen molar-refractivity contribution in [1.82, 2.24) is 0 Å². The molecule has 2 aromatic carbocycles. The molecule has 0 fully saturated rings. The molecule has 0 radical (unpaired) electrons. The Bertz CT molecular complexity index is 809. The van der Waals surface area contributed by atoms with Gasteiger partial charge in [-0.3, -0.25) is 0 Å². The van der Waals surface area contributed by atoms with Gasteiger partial charge in [0, 0.05) is 25.2 Å². The molecule has 5 nitrogen and oxygen atoms in total. The molecule has 0 spiro atoms. The third kappa shape index (κ3) is 4.25. The lowest BCUT2D eigenvalue weighted by atomic mass is 9.86. The molecule has 0 saturated heterocycles. The van der Waals surface area contributed by atoms with Crippen molar-refractivity contribution in [2.24, 2.45) is 0 Å². The molecule has 0 bridgehead atoms. The fraction of sp³-hybridized carbons (Fsp3) is 0.409. The van der Waals surface area contributed by atoms with Crippen LogP contribution in [0.3, 0.4) is 0 Å². The minimum absolute atomic E-state index is 0.212. The molecule has 144 valence electrons. The first kappa shape index (κ1) is 19.2. The van der Waals surface area contributed by atoms with Gasteiger partial charge in [-0.2, -0.15) is 0 Å². The summed E-state index contributed by atoms with van der Waals surface area (Å²) in [7, 11) is 1.64. The van der Waals surface area contributed by atoms with Gasteiger partial charge >= 0.3 is 6.16 Å². The Morgan fingerprint density at radius 3 is 2.48 bits per heavy atom. The van der Waals surface area contributed by atoms with Crippen molar-refractivity contribution in [2.45, 2.75) is 51.4 Å². The van der Waals surface area contributed by atoms with Crippen molar-refractivity contribution in [2.75, 3.05) is 7.11 Å². The van der Waals surface area contributed by atoms with E-state index in [0.717, 1.165) is 11.1 Å². The Kier molecular flexibility index (Phi) is 5.16. The van der Waals surface area contributed by atoms with Crippen LogP contribution in [-0.2, 0) is 15.3 Å². The smallest absolute Gasteiger partial charge is 0.458 e. The van der Waals surface area contributed by atoms with Crippen molar-refractivity contribution in [3.63, 3.8) is 0 Å². The molecule has 0 aliphatic carbocycles. The molecule has 5 heteroatoms. The normalized spacial score (nSPS) is 21.7. The fourth-order valence-electron chi connectivity index (χ4n) is 3.28. The summed E-state index contributed by atoms with van der Waals surface area (Å²) in [5, 5.41) is 0. The summed E-state index contributed by atoms with van der Waals surface area (Å²) in [4.78, 5) is 12.0. The average Bonchev–Trinajstić information content (AvgIpc) is 2.60. The van der Waals surface area contributed by atoms with Crippen molar-refractivity contribution in [3.05, 3.63) is 59.7 Å². The molecular weight excluding hydrogens is 344 g/mol. The van der Waals surface area contributed by atoms with E-state index < -0.39 is 17.5 Å². The minimum Gasteiger partial charge on any atom is -0.458 e. The van der Waals surface area contributed by atoms with E-state index in [4.69, 9.17) is 18.9 Å². The predicted octanol–water partition coefficient (Wildman–Crippen LogP) is 5.39. The number of hydrogen-bond donors (Lipinski definition) is 0. The number of methoxy groups -OCH3 is 1. The van der Waals surface area contributed by atoms with Crippen LogP contribution in [-0.4, -0.2) is 18.9 Å². The highest BCUT2D eigenvalue weighted by molar-refractivity contribution is 5.65. The van der Waals surface area contributed by atoms with E-state index in [1.165, 1.54) is 0 Å². The molecule has 3 rings (SSSR count). The fourth-order valence-corrected chi connectivity index (χ4v) is 3.28. The Morgan fingerprint density at radius 1 is 1.15 bits per heavy atom. The van der Waals surface area contributed by atoms with Crippen molar-refractivity contribution in [1.29, 1.82) is 0 Å². The maximum atomic E-state index is 12.0. The Morgan fingerprint density at radius 2 is 1.85 bits per heavy atom. The van der Waals surface area contributed by atoms with Crippen LogP contribution >= 0.6 is 0 Å². The number of ether oxygens (including phenoxy) is 4. The van der Waals surface area contributed by atoms with Gasteiger partial charge in [-0.1, -0.05) is 43.3 Å². The largest absolute Gasteiger partial charge is 0.514 e. The van der Waals surface area contributed by atoms with Crippen LogP contribution in [0.25, 0.3) is 0 Å². The second-order valence-corrected chi connectivity index (χ2v) is 7.80. The van der Waals surface area contributed by atoms with E-state index in [2.05, 4.69) is 6.92 Å². The molecular formula is C22H26O5. The quantitative estimate of drug-likeness (QED) is 0.536. The molecule has 0 N–H and O–H groups in total. The average molecular weight is 370 g/mol. The monoisotopic (exact) mass is 370 g/mol. The summed E-state index contributed by atoms with van der Waals surface area (Å²) in [6.45, 7) is 7.50. The number of carbonyl (C=O) groups is 1. The lowest BCUT2D eigenvalue weighted by molar-refractivity contribution is -0.187. The zero-order valence-electron chi connectivity index (χ0n) is 16.4. The van der Waals surface area contributed by atoms with Gasteiger partial charge in [-0.25, -0.2) is 4.79 Å². The van der Waals surface area contributed by atoms with Crippen LogP contribution < -0.4 is 9.47 Å². The maximum absolute atomic E-state index is 12.0. The van der Waals surface area contributed by atoms with Gasteiger partial charge in [0.1, 0.15) is 17.1 Å². The van der Waals surface area contributed by atoms with Crippen molar-refractivity contribution in [3.8, 4) is 11.5 Å². The maximum Gasteiger partial charge on any atom is 0.514 e. The highest BCUT2D eigenvalue weighted by Gasteiger charge is 2.41. The summed E-state index contributed by atoms with van der Waals surface area (Å²) in [5.41, 5.74) is 1.38. The number of hydrogen-bond acceptors (Lipinski definition) is 5. The van der Waals surface area contributed by atoms with Crippen LogP contribution in [0.4, 0.5) is 4.79 Å². The van der Waals surface area contributed by atoms with Crippen molar-refractivity contribution >= 4 is 6.16 Å². The summed E-state index contributed by atoms with van der Waals surface area (Å²) < 4.78 is 22.6. The summed E-state index contributed by atoms with van der Waals surface area (Å²) in [5.74, 6) is 0.346. The Hall–Kier alpha value is -2.53. The first-order valence-corrected chi connectivity index (χ1v) is 9.07. The molecule has 0 unspecified atom stereocenters. The molecule has 2 aromatic rings. The van der Waals surface area contributed by atoms with Crippen LogP contribution in [0.2, 0.25) is 0 Å². The lowest BCUT2D eigenvalue weighted by Crippen LogP contribution is -2.39. The first-order chi connectivity index (χ1) is 12.7. The molecule has 1 heterocycles. The van der Waals surface area contributed by atoms with Gasteiger partial charge in [0.25, 0.3) is 0 Å². The van der Waals surface area contributed by atoms with Gasteiger partial charge in [-0.05, 0) is 38.3 Å². The highest BCUT2D eigenvalue weighted by atomic mass is 16.7. The molecule has 1 aliphatic rings. The van der Waals surface area contributed by atoms with Crippen LogP contribution in [0, 0.1) is 0 Å². The number of benzene rings is 2. The highest BCUT2D eigenvalue weighted by Crippen LogP contribution is 2.47. The Balaban J connectivity index is 1.88. The molecule has 0 amide bonds. The third-order valence-electron chi connectivity index (χ3n) is 4.50. The number of carbonyl (C=O) groups excluding carboxylic acids is 1. The SMILES string of the molecule is CO[C@]1(c2ccccc2)C[C@@H](C)c2ccc(OC(=O)OC(C)(C)C)cc2O1. The number of rotatable bonds is 3. The van der Waals surface area contributed by atoms with E-state index >= 15 is 0 Å². The Labute approximate surface area is 160 Å². The summed E-state index contributed by atoms with van der Waals surface area (Å²) in [6.07, 6.45) is -0.0559.